The van der Waals surface area contributed by atoms with E-state index in [2.05, 4.69) is 49.7 Å². The lowest BCUT2D eigenvalue weighted by Gasteiger charge is -2.26. The van der Waals surface area contributed by atoms with E-state index in [1.54, 1.807) is 0 Å². The standard InChI is InChI=1S/C14H24N2/c1-12(2)9-16(10-13(3)4)11-14-5-7-15-8-6-14/h5-8,12-13H,9-11H2,1-4H3. The van der Waals surface area contributed by atoms with Crippen molar-refractivity contribution in [2.45, 2.75) is 34.2 Å². The van der Waals surface area contributed by atoms with Crippen molar-refractivity contribution >= 4 is 0 Å². The molecule has 16 heavy (non-hydrogen) atoms. The summed E-state index contributed by atoms with van der Waals surface area (Å²) in [4.78, 5) is 6.59. The highest BCUT2D eigenvalue weighted by atomic mass is 15.1. The monoisotopic (exact) mass is 220 g/mol. The van der Waals surface area contributed by atoms with Crippen LogP contribution >= 0.6 is 0 Å². The second-order valence-corrected chi connectivity index (χ2v) is 5.34. The smallest absolute Gasteiger partial charge is 0.0271 e. The summed E-state index contributed by atoms with van der Waals surface area (Å²) in [7, 11) is 0. The zero-order chi connectivity index (χ0) is 12.0. The molecular weight excluding hydrogens is 196 g/mol. The molecule has 1 rings (SSSR count). The molecule has 0 aliphatic heterocycles. The zero-order valence-corrected chi connectivity index (χ0v) is 11.0. The third-order valence-electron chi connectivity index (χ3n) is 2.40. The fourth-order valence-corrected chi connectivity index (χ4v) is 1.98. The molecule has 90 valence electrons. The summed E-state index contributed by atoms with van der Waals surface area (Å²) in [5.74, 6) is 1.45. The first-order valence-corrected chi connectivity index (χ1v) is 6.19. The van der Waals surface area contributed by atoms with Gasteiger partial charge in [0.15, 0.2) is 0 Å². The van der Waals surface area contributed by atoms with Crippen molar-refractivity contribution in [3.8, 4) is 0 Å². The predicted molar refractivity (Wildman–Crippen MR) is 69.2 cm³/mol. The van der Waals surface area contributed by atoms with Crippen molar-refractivity contribution in [3.05, 3.63) is 30.1 Å². The van der Waals surface area contributed by atoms with Gasteiger partial charge in [-0.2, -0.15) is 0 Å². The minimum atomic E-state index is 0.723. The highest BCUT2D eigenvalue weighted by Crippen LogP contribution is 2.09. The molecule has 0 aliphatic carbocycles. The van der Waals surface area contributed by atoms with Crippen molar-refractivity contribution < 1.29 is 0 Å². The Bertz CT molecular complexity index is 270. The van der Waals surface area contributed by atoms with Crippen LogP contribution in [0.15, 0.2) is 24.5 Å². The van der Waals surface area contributed by atoms with Crippen LogP contribution in [0.4, 0.5) is 0 Å². The van der Waals surface area contributed by atoms with Gasteiger partial charge in [0.2, 0.25) is 0 Å². The summed E-state index contributed by atoms with van der Waals surface area (Å²) in [5, 5.41) is 0. The lowest BCUT2D eigenvalue weighted by Crippen LogP contribution is -2.30. The maximum Gasteiger partial charge on any atom is 0.0271 e. The van der Waals surface area contributed by atoms with E-state index in [0.29, 0.717) is 0 Å². The molecule has 0 saturated carbocycles. The SMILES string of the molecule is CC(C)CN(Cc1ccncc1)CC(C)C. The van der Waals surface area contributed by atoms with E-state index in [1.807, 2.05) is 12.4 Å². The topological polar surface area (TPSA) is 16.1 Å². The molecule has 0 amide bonds. The lowest BCUT2D eigenvalue weighted by atomic mass is 10.1. The van der Waals surface area contributed by atoms with Crippen molar-refractivity contribution in [1.82, 2.24) is 9.88 Å². The van der Waals surface area contributed by atoms with Crippen LogP contribution in [-0.2, 0) is 6.54 Å². The van der Waals surface area contributed by atoms with Crippen LogP contribution in [0.3, 0.4) is 0 Å². The van der Waals surface area contributed by atoms with Crippen LogP contribution in [0, 0.1) is 11.8 Å². The number of nitrogens with zero attached hydrogens (tertiary/aromatic N) is 2. The molecule has 0 aliphatic rings. The van der Waals surface area contributed by atoms with Gasteiger partial charge in [-0.3, -0.25) is 9.88 Å². The molecule has 0 N–H and O–H groups in total. The van der Waals surface area contributed by atoms with Gasteiger partial charge in [0.25, 0.3) is 0 Å². The van der Waals surface area contributed by atoms with Crippen molar-refractivity contribution in [2.24, 2.45) is 11.8 Å². The van der Waals surface area contributed by atoms with Crippen molar-refractivity contribution in [3.63, 3.8) is 0 Å². The molecular formula is C14H24N2. The number of hydrogen-bond acceptors (Lipinski definition) is 2. The summed E-state index contributed by atoms with van der Waals surface area (Å²) >= 11 is 0. The van der Waals surface area contributed by atoms with Gasteiger partial charge in [0.1, 0.15) is 0 Å². The minimum Gasteiger partial charge on any atom is -0.299 e. The molecule has 2 heteroatoms. The highest BCUT2D eigenvalue weighted by molar-refractivity contribution is 5.09. The molecule has 0 spiro atoms. The summed E-state index contributed by atoms with van der Waals surface area (Å²) in [6, 6.07) is 4.21. The highest BCUT2D eigenvalue weighted by Gasteiger charge is 2.09. The van der Waals surface area contributed by atoms with E-state index in [4.69, 9.17) is 0 Å². The van der Waals surface area contributed by atoms with Gasteiger partial charge in [0.05, 0.1) is 0 Å². The summed E-state index contributed by atoms with van der Waals surface area (Å²) in [6.45, 7) is 12.5. The molecule has 0 unspecified atom stereocenters. The predicted octanol–water partition coefficient (Wildman–Crippen LogP) is 3.20. The van der Waals surface area contributed by atoms with Crippen molar-refractivity contribution in [1.29, 1.82) is 0 Å². The van der Waals surface area contributed by atoms with Crippen LogP contribution in [0.2, 0.25) is 0 Å². The van der Waals surface area contributed by atoms with Gasteiger partial charge in [-0.05, 0) is 29.5 Å². The fourth-order valence-electron chi connectivity index (χ4n) is 1.98. The molecule has 0 atom stereocenters. The van der Waals surface area contributed by atoms with Gasteiger partial charge >= 0.3 is 0 Å². The van der Waals surface area contributed by atoms with Crippen LogP contribution in [-0.4, -0.2) is 23.0 Å². The average Bonchev–Trinajstić information content (AvgIpc) is 2.16. The first-order valence-electron chi connectivity index (χ1n) is 6.19. The van der Waals surface area contributed by atoms with Gasteiger partial charge in [0, 0.05) is 32.0 Å². The normalized spacial score (nSPS) is 11.7. The maximum absolute atomic E-state index is 4.06. The van der Waals surface area contributed by atoms with E-state index < -0.39 is 0 Å². The van der Waals surface area contributed by atoms with Crippen LogP contribution in [0.5, 0.6) is 0 Å². The number of aromatic nitrogens is 1. The summed E-state index contributed by atoms with van der Waals surface area (Å²) < 4.78 is 0. The molecule has 1 aromatic rings. The minimum absolute atomic E-state index is 0.723. The molecule has 1 aromatic heterocycles. The van der Waals surface area contributed by atoms with Gasteiger partial charge in [-0.25, -0.2) is 0 Å². The second-order valence-electron chi connectivity index (χ2n) is 5.34. The molecule has 0 fully saturated rings. The van der Waals surface area contributed by atoms with Gasteiger partial charge < -0.3 is 0 Å². The Morgan fingerprint density at radius 1 is 1.00 bits per heavy atom. The number of pyridine rings is 1. The molecule has 0 bridgehead atoms. The molecule has 1 heterocycles. The van der Waals surface area contributed by atoms with E-state index >= 15 is 0 Å². The van der Waals surface area contributed by atoms with Crippen molar-refractivity contribution in [2.75, 3.05) is 13.1 Å². The van der Waals surface area contributed by atoms with Crippen LogP contribution in [0.1, 0.15) is 33.3 Å². The molecule has 0 saturated heterocycles. The van der Waals surface area contributed by atoms with E-state index in [-0.39, 0.29) is 0 Å². The van der Waals surface area contributed by atoms with E-state index in [0.717, 1.165) is 18.4 Å². The largest absolute Gasteiger partial charge is 0.299 e. The number of rotatable bonds is 6. The first kappa shape index (κ1) is 13.2. The van der Waals surface area contributed by atoms with Crippen LogP contribution < -0.4 is 0 Å². The summed E-state index contributed by atoms with van der Waals surface area (Å²) in [6.07, 6.45) is 3.75. The Morgan fingerprint density at radius 2 is 1.50 bits per heavy atom. The molecule has 0 radical (unpaired) electrons. The lowest BCUT2D eigenvalue weighted by molar-refractivity contribution is 0.211. The summed E-state index contributed by atoms with van der Waals surface area (Å²) in [5.41, 5.74) is 1.36. The van der Waals surface area contributed by atoms with Gasteiger partial charge in [-0.1, -0.05) is 27.7 Å². The zero-order valence-electron chi connectivity index (χ0n) is 11.0. The molecule has 2 nitrogen and oxygen atoms in total. The van der Waals surface area contributed by atoms with Gasteiger partial charge in [-0.15, -0.1) is 0 Å². The first-order chi connectivity index (χ1) is 7.58. The molecule has 0 aromatic carbocycles. The Balaban J connectivity index is 2.56. The Labute approximate surface area is 99.7 Å². The second kappa shape index (κ2) is 6.64. The Kier molecular flexibility index (Phi) is 5.47. The Morgan fingerprint density at radius 3 is 1.94 bits per heavy atom. The van der Waals surface area contributed by atoms with E-state index in [9.17, 15) is 0 Å². The fraction of sp³-hybridized carbons (Fsp3) is 0.643. The van der Waals surface area contributed by atoms with Crippen LogP contribution in [0.25, 0.3) is 0 Å². The third kappa shape index (κ3) is 5.26. The van der Waals surface area contributed by atoms with E-state index in [1.165, 1.54) is 18.7 Å². The average molecular weight is 220 g/mol. The maximum atomic E-state index is 4.06. The third-order valence-corrected chi connectivity index (χ3v) is 2.40. The Hall–Kier alpha value is -0.890. The quantitative estimate of drug-likeness (QED) is 0.732. The number of hydrogen-bond donors (Lipinski definition) is 0.